The highest BCUT2D eigenvalue weighted by atomic mass is 16.5. The Kier molecular flexibility index (Phi) is 8.69. The molecule has 0 unspecified atom stereocenters. The first-order valence-electron chi connectivity index (χ1n) is 7.41. The fraction of sp³-hybridized carbons (Fsp3) is 0.625. The molecule has 3 heteroatoms. The molecule has 19 heavy (non-hydrogen) atoms. The first-order chi connectivity index (χ1) is 9.38. The summed E-state index contributed by atoms with van der Waals surface area (Å²) in [4.78, 5) is 14.7. The molecule has 3 nitrogen and oxygen atoms in total. The maximum atomic E-state index is 10.7. The number of aromatic nitrogens is 1. The van der Waals surface area contributed by atoms with E-state index in [2.05, 4.69) is 11.9 Å². The van der Waals surface area contributed by atoms with Crippen LogP contribution in [0.3, 0.4) is 0 Å². The van der Waals surface area contributed by atoms with E-state index in [1.807, 2.05) is 0 Å². The Morgan fingerprint density at radius 2 is 1.79 bits per heavy atom. The van der Waals surface area contributed by atoms with Gasteiger partial charge in [-0.3, -0.25) is 4.79 Å². The molecule has 0 spiro atoms. The summed E-state index contributed by atoms with van der Waals surface area (Å²) >= 11 is 0. The number of rotatable bonds is 11. The standard InChI is InChI=1S/C16H25NO2/c1-2-3-4-5-6-7-8-9-13-19-16-11-10-12-17-15(16)14-18/h10-12,14H,2-9,13H2,1H3. The summed E-state index contributed by atoms with van der Waals surface area (Å²) in [5, 5.41) is 0. The van der Waals surface area contributed by atoms with Crippen LogP contribution in [0, 0.1) is 0 Å². The van der Waals surface area contributed by atoms with Gasteiger partial charge in [0, 0.05) is 6.20 Å². The second-order valence-electron chi connectivity index (χ2n) is 4.83. The Morgan fingerprint density at radius 1 is 1.11 bits per heavy atom. The lowest BCUT2D eigenvalue weighted by atomic mass is 10.1. The molecular weight excluding hydrogens is 238 g/mol. The SMILES string of the molecule is CCCCCCCCCCOc1cccnc1C=O. The van der Waals surface area contributed by atoms with Crippen LogP contribution in [0.25, 0.3) is 0 Å². The third kappa shape index (κ3) is 6.94. The second kappa shape index (κ2) is 10.5. The largest absolute Gasteiger partial charge is 0.491 e. The number of carbonyl (C=O) groups excluding carboxylic acids is 1. The topological polar surface area (TPSA) is 39.2 Å². The van der Waals surface area contributed by atoms with Gasteiger partial charge in [-0.15, -0.1) is 0 Å². The van der Waals surface area contributed by atoms with Crippen LogP contribution in [0.15, 0.2) is 18.3 Å². The molecule has 1 aromatic heterocycles. The van der Waals surface area contributed by atoms with Gasteiger partial charge in [-0.05, 0) is 18.6 Å². The van der Waals surface area contributed by atoms with E-state index in [1.54, 1.807) is 18.3 Å². The van der Waals surface area contributed by atoms with Gasteiger partial charge in [0.05, 0.1) is 6.61 Å². The Morgan fingerprint density at radius 3 is 2.47 bits per heavy atom. The van der Waals surface area contributed by atoms with Crippen molar-refractivity contribution in [2.24, 2.45) is 0 Å². The quantitative estimate of drug-likeness (QED) is 0.438. The third-order valence-electron chi connectivity index (χ3n) is 3.17. The van der Waals surface area contributed by atoms with E-state index < -0.39 is 0 Å². The highest BCUT2D eigenvalue weighted by Crippen LogP contribution is 2.14. The average Bonchev–Trinajstić information content (AvgIpc) is 2.46. The molecule has 106 valence electrons. The number of ether oxygens (including phenoxy) is 1. The summed E-state index contributed by atoms with van der Waals surface area (Å²) in [6.45, 7) is 2.91. The van der Waals surface area contributed by atoms with Gasteiger partial charge in [0.2, 0.25) is 0 Å². The molecule has 0 saturated heterocycles. The van der Waals surface area contributed by atoms with Crippen LogP contribution in [0.2, 0.25) is 0 Å². The van der Waals surface area contributed by atoms with Crippen LogP contribution in [-0.4, -0.2) is 17.9 Å². The van der Waals surface area contributed by atoms with Gasteiger partial charge in [-0.25, -0.2) is 4.98 Å². The van der Waals surface area contributed by atoms with Crippen molar-refractivity contribution in [3.05, 3.63) is 24.0 Å². The van der Waals surface area contributed by atoms with E-state index in [1.165, 1.54) is 44.9 Å². The monoisotopic (exact) mass is 263 g/mol. The van der Waals surface area contributed by atoms with Crippen LogP contribution < -0.4 is 4.74 Å². The molecule has 0 bridgehead atoms. The lowest BCUT2D eigenvalue weighted by molar-refractivity contribution is 0.111. The lowest BCUT2D eigenvalue weighted by Crippen LogP contribution is -2.01. The zero-order chi connectivity index (χ0) is 13.8. The van der Waals surface area contributed by atoms with E-state index >= 15 is 0 Å². The smallest absolute Gasteiger partial charge is 0.172 e. The molecule has 1 aromatic rings. The van der Waals surface area contributed by atoms with Crippen molar-refractivity contribution in [2.75, 3.05) is 6.61 Å². The minimum Gasteiger partial charge on any atom is -0.491 e. The lowest BCUT2D eigenvalue weighted by Gasteiger charge is -2.07. The Bertz CT molecular complexity index is 352. The molecule has 0 saturated carbocycles. The van der Waals surface area contributed by atoms with Crippen molar-refractivity contribution < 1.29 is 9.53 Å². The number of aldehydes is 1. The van der Waals surface area contributed by atoms with Gasteiger partial charge in [0.15, 0.2) is 6.29 Å². The Hall–Kier alpha value is -1.38. The van der Waals surface area contributed by atoms with Gasteiger partial charge in [-0.1, -0.05) is 51.9 Å². The molecule has 1 heterocycles. The molecule has 0 fully saturated rings. The molecule has 1 rings (SSSR count). The van der Waals surface area contributed by atoms with Crippen LogP contribution in [-0.2, 0) is 0 Å². The Labute approximate surface area is 116 Å². The van der Waals surface area contributed by atoms with Crippen LogP contribution >= 0.6 is 0 Å². The summed E-state index contributed by atoms with van der Waals surface area (Å²) in [5.41, 5.74) is 0.391. The summed E-state index contributed by atoms with van der Waals surface area (Å²) in [7, 11) is 0. The first-order valence-corrected chi connectivity index (χ1v) is 7.41. The highest BCUT2D eigenvalue weighted by molar-refractivity contribution is 5.75. The molecular formula is C16H25NO2. The molecule has 0 aliphatic heterocycles. The maximum absolute atomic E-state index is 10.7. The van der Waals surface area contributed by atoms with Crippen molar-refractivity contribution in [3.8, 4) is 5.75 Å². The van der Waals surface area contributed by atoms with Crippen LogP contribution in [0.4, 0.5) is 0 Å². The maximum Gasteiger partial charge on any atom is 0.172 e. The van der Waals surface area contributed by atoms with Crippen molar-refractivity contribution in [2.45, 2.75) is 58.3 Å². The van der Waals surface area contributed by atoms with Gasteiger partial charge in [0.1, 0.15) is 11.4 Å². The number of hydrogen-bond donors (Lipinski definition) is 0. The fourth-order valence-corrected chi connectivity index (χ4v) is 2.03. The molecule has 0 amide bonds. The molecule has 0 aliphatic rings. The minimum absolute atomic E-state index is 0.391. The highest BCUT2D eigenvalue weighted by Gasteiger charge is 2.02. The number of nitrogens with zero attached hydrogens (tertiary/aromatic N) is 1. The van der Waals surface area contributed by atoms with Gasteiger partial charge in [0.25, 0.3) is 0 Å². The normalized spacial score (nSPS) is 10.4. The predicted octanol–water partition coefficient (Wildman–Crippen LogP) is 4.41. The van der Waals surface area contributed by atoms with Gasteiger partial charge in [-0.2, -0.15) is 0 Å². The predicted molar refractivity (Wildman–Crippen MR) is 77.7 cm³/mol. The van der Waals surface area contributed by atoms with Crippen molar-refractivity contribution in [1.82, 2.24) is 4.98 Å². The van der Waals surface area contributed by atoms with Gasteiger partial charge >= 0.3 is 0 Å². The first kappa shape index (κ1) is 15.7. The molecule has 0 atom stereocenters. The summed E-state index contributed by atoms with van der Waals surface area (Å²) in [5.74, 6) is 0.598. The second-order valence-corrected chi connectivity index (χ2v) is 4.83. The summed E-state index contributed by atoms with van der Waals surface area (Å²) in [6.07, 6.45) is 12.6. The average molecular weight is 263 g/mol. The van der Waals surface area contributed by atoms with E-state index in [-0.39, 0.29) is 0 Å². The summed E-state index contributed by atoms with van der Waals surface area (Å²) < 4.78 is 5.58. The molecule has 0 aromatic carbocycles. The minimum atomic E-state index is 0.391. The number of carbonyl (C=O) groups is 1. The number of unbranched alkanes of at least 4 members (excludes halogenated alkanes) is 7. The van der Waals surface area contributed by atoms with Gasteiger partial charge < -0.3 is 4.74 Å². The van der Waals surface area contributed by atoms with Crippen LogP contribution in [0.1, 0.15) is 68.8 Å². The van der Waals surface area contributed by atoms with Crippen molar-refractivity contribution in [3.63, 3.8) is 0 Å². The zero-order valence-electron chi connectivity index (χ0n) is 11.9. The molecule has 0 N–H and O–H groups in total. The number of hydrogen-bond acceptors (Lipinski definition) is 3. The molecule has 0 aliphatic carbocycles. The fourth-order valence-electron chi connectivity index (χ4n) is 2.03. The van der Waals surface area contributed by atoms with E-state index in [0.29, 0.717) is 18.1 Å². The van der Waals surface area contributed by atoms with E-state index in [9.17, 15) is 4.79 Å². The van der Waals surface area contributed by atoms with E-state index in [0.717, 1.165) is 12.7 Å². The summed E-state index contributed by atoms with van der Waals surface area (Å²) in [6, 6.07) is 3.58. The molecule has 0 radical (unpaired) electrons. The van der Waals surface area contributed by atoms with Crippen molar-refractivity contribution in [1.29, 1.82) is 0 Å². The zero-order valence-corrected chi connectivity index (χ0v) is 11.9. The van der Waals surface area contributed by atoms with Crippen molar-refractivity contribution >= 4 is 6.29 Å². The van der Waals surface area contributed by atoms with Crippen LogP contribution in [0.5, 0.6) is 5.75 Å². The number of pyridine rings is 1. The van der Waals surface area contributed by atoms with E-state index in [4.69, 9.17) is 4.74 Å². The Balaban J connectivity index is 2.03. The third-order valence-corrected chi connectivity index (χ3v) is 3.17.